The number of rotatable bonds is 5. The van der Waals surface area contributed by atoms with Crippen LogP contribution in [0.5, 0.6) is 0 Å². The summed E-state index contributed by atoms with van der Waals surface area (Å²) < 4.78 is 13.5. The highest BCUT2D eigenvalue weighted by molar-refractivity contribution is 7.85. The van der Waals surface area contributed by atoms with Crippen LogP contribution in [0, 0.1) is 0 Å². The van der Waals surface area contributed by atoms with Crippen LogP contribution < -0.4 is 10.2 Å². The lowest BCUT2D eigenvalue weighted by atomic mass is 10.1. The fraction of sp³-hybridized carbons (Fsp3) is 0.0714. The molecule has 1 N–H and O–H groups in total. The Balaban J connectivity index is 1.54. The van der Waals surface area contributed by atoms with Crippen LogP contribution in [0.15, 0.2) is 113 Å². The second-order valence-electron chi connectivity index (χ2n) is 7.99. The van der Waals surface area contributed by atoms with Crippen molar-refractivity contribution in [1.29, 1.82) is 0 Å². The minimum absolute atomic E-state index is 0.242. The lowest BCUT2D eigenvalue weighted by molar-refractivity contribution is 0.0947. The molecule has 0 saturated heterocycles. The van der Waals surface area contributed by atoms with Crippen molar-refractivity contribution in [2.24, 2.45) is 0 Å². The Morgan fingerprint density at radius 3 is 2.15 bits per heavy atom. The van der Waals surface area contributed by atoms with Gasteiger partial charge in [0.15, 0.2) is 0 Å². The molecule has 1 atom stereocenters. The van der Waals surface area contributed by atoms with Crippen molar-refractivity contribution < 1.29 is 13.8 Å². The number of fused-ring (bicyclic) bond motifs is 2. The van der Waals surface area contributed by atoms with Gasteiger partial charge in [0.1, 0.15) is 0 Å². The standard InChI is InChI=1S/C28H22N2O3S/c31-27(29-18-20-9-3-1-4-10-20)22-15-16-26-24(17-22)30(19-21-11-5-2-6-12-21)28(32)23-13-7-8-14-25(23)34(26)33/h1-17H,18-19H2,(H,29,31)/t34-/m0/s1. The molecule has 1 aliphatic heterocycles. The van der Waals surface area contributed by atoms with E-state index in [0.717, 1.165) is 11.1 Å². The fourth-order valence-corrected chi connectivity index (χ4v) is 5.35. The van der Waals surface area contributed by atoms with Gasteiger partial charge in [-0.05, 0) is 41.5 Å². The summed E-state index contributed by atoms with van der Waals surface area (Å²) in [4.78, 5) is 29.2. The molecule has 0 saturated carbocycles. The number of anilines is 1. The maximum atomic E-state index is 13.6. The van der Waals surface area contributed by atoms with Crippen molar-refractivity contribution >= 4 is 28.3 Å². The third-order valence-corrected chi connectivity index (χ3v) is 7.25. The number of benzene rings is 4. The summed E-state index contributed by atoms with van der Waals surface area (Å²) in [5.74, 6) is -0.500. The van der Waals surface area contributed by atoms with E-state index in [4.69, 9.17) is 0 Å². The zero-order chi connectivity index (χ0) is 23.5. The largest absolute Gasteiger partial charge is 0.348 e. The number of hydrogen-bond acceptors (Lipinski definition) is 3. The number of carbonyl (C=O) groups excluding carboxylic acids is 2. The van der Waals surface area contributed by atoms with Gasteiger partial charge < -0.3 is 10.2 Å². The van der Waals surface area contributed by atoms with E-state index in [-0.39, 0.29) is 11.8 Å². The summed E-state index contributed by atoms with van der Waals surface area (Å²) in [6.45, 7) is 0.689. The van der Waals surface area contributed by atoms with Crippen LogP contribution in [-0.2, 0) is 23.9 Å². The van der Waals surface area contributed by atoms with E-state index in [0.29, 0.717) is 39.7 Å². The third-order valence-electron chi connectivity index (χ3n) is 5.75. The highest BCUT2D eigenvalue weighted by Gasteiger charge is 2.31. The molecule has 5 rings (SSSR count). The van der Waals surface area contributed by atoms with E-state index < -0.39 is 10.8 Å². The van der Waals surface area contributed by atoms with Crippen molar-refractivity contribution in [1.82, 2.24) is 5.32 Å². The second kappa shape index (κ2) is 9.45. The van der Waals surface area contributed by atoms with Crippen molar-refractivity contribution in [3.63, 3.8) is 0 Å². The van der Waals surface area contributed by atoms with E-state index in [2.05, 4.69) is 5.32 Å². The van der Waals surface area contributed by atoms with Crippen LogP contribution in [0.1, 0.15) is 31.8 Å². The number of carbonyl (C=O) groups is 2. The van der Waals surface area contributed by atoms with Crippen LogP contribution >= 0.6 is 0 Å². The normalized spacial score (nSPS) is 14.6. The maximum Gasteiger partial charge on any atom is 0.259 e. The van der Waals surface area contributed by atoms with Gasteiger partial charge in [-0.3, -0.25) is 9.59 Å². The molecule has 6 heteroatoms. The van der Waals surface area contributed by atoms with Crippen molar-refractivity contribution in [3.8, 4) is 0 Å². The molecule has 4 aromatic rings. The third kappa shape index (κ3) is 4.28. The molecule has 0 fully saturated rings. The molecule has 0 aromatic heterocycles. The lowest BCUT2D eigenvalue weighted by Crippen LogP contribution is -2.31. The summed E-state index contributed by atoms with van der Waals surface area (Å²) in [6.07, 6.45) is 0. The van der Waals surface area contributed by atoms with E-state index >= 15 is 0 Å². The van der Waals surface area contributed by atoms with Gasteiger partial charge in [-0.25, -0.2) is 4.21 Å². The molecule has 34 heavy (non-hydrogen) atoms. The van der Waals surface area contributed by atoms with Gasteiger partial charge in [0.25, 0.3) is 11.8 Å². The summed E-state index contributed by atoms with van der Waals surface area (Å²) in [5, 5.41) is 2.92. The monoisotopic (exact) mass is 466 g/mol. The fourth-order valence-electron chi connectivity index (χ4n) is 4.01. The highest BCUT2D eigenvalue weighted by atomic mass is 32.2. The predicted octanol–water partition coefficient (Wildman–Crippen LogP) is 4.94. The number of nitrogens with zero attached hydrogens (tertiary/aromatic N) is 1. The summed E-state index contributed by atoms with van der Waals surface area (Å²) in [7, 11) is -1.56. The molecule has 2 amide bonds. The van der Waals surface area contributed by atoms with Crippen LogP contribution in [-0.4, -0.2) is 16.0 Å². The topological polar surface area (TPSA) is 66.5 Å². The highest BCUT2D eigenvalue weighted by Crippen LogP contribution is 2.36. The second-order valence-corrected chi connectivity index (χ2v) is 9.41. The Morgan fingerprint density at radius 2 is 1.41 bits per heavy atom. The van der Waals surface area contributed by atoms with Crippen molar-refractivity contribution in [2.75, 3.05) is 4.90 Å². The molecule has 5 nitrogen and oxygen atoms in total. The first-order valence-corrected chi connectivity index (χ1v) is 12.1. The Labute approximate surface area is 200 Å². The minimum Gasteiger partial charge on any atom is -0.348 e. The van der Waals surface area contributed by atoms with Gasteiger partial charge in [0.05, 0.1) is 38.4 Å². The molecule has 0 spiro atoms. The molecular formula is C28H22N2O3S. The van der Waals surface area contributed by atoms with Crippen molar-refractivity contribution in [3.05, 3.63) is 125 Å². The first-order chi connectivity index (χ1) is 16.6. The van der Waals surface area contributed by atoms with E-state index in [9.17, 15) is 13.8 Å². The Hall–Kier alpha value is -4.03. The molecule has 0 aliphatic carbocycles. The molecule has 1 heterocycles. The van der Waals surface area contributed by atoms with Gasteiger partial charge in [-0.1, -0.05) is 72.8 Å². The van der Waals surface area contributed by atoms with Crippen LogP contribution in [0.4, 0.5) is 5.69 Å². The van der Waals surface area contributed by atoms with Gasteiger partial charge >= 0.3 is 0 Å². The lowest BCUT2D eigenvalue weighted by Gasteiger charge is -2.23. The maximum absolute atomic E-state index is 13.6. The SMILES string of the molecule is O=C(NCc1ccccc1)c1ccc2c(c1)N(Cc1ccccc1)C(=O)c1ccccc1[S@@]2=O. The molecular weight excluding hydrogens is 444 g/mol. The average Bonchev–Trinajstić information content (AvgIpc) is 2.98. The molecule has 0 unspecified atom stereocenters. The van der Waals surface area contributed by atoms with Gasteiger partial charge in [-0.2, -0.15) is 0 Å². The summed E-state index contributed by atoms with van der Waals surface area (Å²) in [5.41, 5.74) is 3.22. The average molecular weight is 467 g/mol. The van der Waals surface area contributed by atoms with E-state index in [1.807, 2.05) is 60.7 Å². The molecule has 1 aliphatic rings. The number of amides is 2. The van der Waals surface area contributed by atoms with E-state index in [1.165, 1.54) is 0 Å². The molecule has 0 bridgehead atoms. The Morgan fingerprint density at radius 1 is 0.765 bits per heavy atom. The van der Waals surface area contributed by atoms with E-state index in [1.54, 1.807) is 47.4 Å². The summed E-state index contributed by atoms with van der Waals surface area (Å²) in [6, 6.07) is 31.3. The van der Waals surface area contributed by atoms with Gasteiger partial charge in [0.2, 0.25) is 0 Å². The van der Waals surface area contributed by atoms with Crippen molar-refractivity contribution in [2.45, 2.75) is 22.9 Å². The van der Waals surface area contributed by atoms with Gasteiger partial charge in [-0.15, -0.1) is 0 Å². The first-order valence-electron chi connectivity index (χ1n) is 10.9. The van der Waals surface area contributed by atoms with Crippen LogP contribution in [0.2, 0.25) is 0 Å². The van der Waals surface area contributed by atoms with Gasteiger partial charge in [0, 0.05) is 12.1 Å². The molecule has 168 valence electrons. The smallest absolute Gasteiger partial charge is 0.259 e. The quantitative estimate of drug-likeness (QED) is 0.453. The number of hydrogen-bond donors (Lipinski definition) is 1. The first kappa shape index (κ1) is 21.8. The Kier molecular flexibility index (Phi) is 6.06. The Bertz CT molecular complexity index is 1390. The van der Waals surface area contributed by atoms with Crippen LogP contribution in [0.3, 0.4) is 0 Å². The van der Waals surface area contributed by atoms with Crippen LogP contribution in [0.25, 0.3) is 0 Å². The predicted molar refractivity (Wildman–Crippen MR) is 132 cm³/mol. The minimum atomic E-state index is -1.56. The molecule has 4 aromatic carbocycles. The number of nitrogens with one attached hydrogen (secondary N) is 1. The summed E-state index contributed by atoms with van der Waals surface area (Å²) >= 11 is 0. The zero-order valence-electron chi connectivity index (χ0n) is 18.3. The zero-order valence-corrected chi connectivity index (χ0v) is 19.1. The molecule has 0 radical (unpaired) electrons.